The molecule has 118 valence electrons. The van der Waals surface area contributed by atoms with E-state index in [1.165, 1.54) is 12.1 Å². The van der Waals surface area contributed by atoms with Crippen molar-refractivity contribution >= 4 is 34.0 Å². The summed E-state index contributed by atoms with van der Waals surface area (Å²) < 4.78 is 0. The first-order valence-electron chi connectivity index (χ1n) is 7.06. The molecule has 2 aromatic rings. The van der Waals surface area contributed by atoms with Crippen LogP contribution in [-0.4, -0.2) is 17.0 Å². The van der Waals surface area contributed by atoms with Crippen LogP contribution in [0.4, 0.5) is 10.7 Å². The van der Waals surface area contributed by atoms with Crippen LogP contribution in [0.2, 0.25) is 0 Å². The van der Waals surface area contributed by atoms with E-state index in [1.54, 1.807) is 23.5 Å². The van der Waals surface area contributed by atoms with E-state index in [2.05, 4.69) is 10.6 Å². The molecular weight excluding hydrogens is 314 g/mol. The van der Waals surface area contributed by atoms with Crippen molar-refractivity contribution in [2.45, 2.75) is 20.0 Å². The Kier molecular flexibility index (Phi) is 3.87. The van der Waals surface area contributed by atoms with Gasteiger partial charge < -0.3 is 10.6 Å². The Morgan fingerprint density at radius 1 is 1.22 bits per heavy atom. The number of anilines is 1. The van der Waals surface area contributed by atoms with Gasteiger partial charge in [-0.2, -0.15) is 0 Å². The largest absolute Gasteiger partial charge is 0.353 e. The number of benzene rings is 1. The van der Waals surface area contributed by atoms with E-state index in [9.17, 15) is 14.9 Å². The summed E-state index contributed by atoms with van der Waals surface area (Å²) in [6, 6.07) is 6.25. The first-order valence-corrected chi connectivity index (χ1v) is 7.87. The maximum atomic E-state index is 12.2. The summed E-state index contributed by atoms with van der Waals surface area (Å²) in [5.74, 6) is -0.0843. The van der Waals surface area contributed by atoms with Crippen LogP contribution in [0.3, 0.4) is 0 Å². The molecule has 1 amide bonds. The molecule has 0 bridgehead atoms. The van der Waals surface area contributed by atoms with E-state index in [0.717, 1.165) is 21.0 Å². The molecule has 0 fully saturated rings. The minimum Gasteiger partial charge on any atom is -0.353 e. The number of nitrogens with one attached hydrogen (secondary N) is 2. The monoisotopic (exact) mass is 329 g/mol. The Hall–Kier alpha value is -2.67. The summed E-state index contributed by atoms with van der Waals surface area (Å²) in [7, 11) is 0. The minimum atomic E-state index is -0.431. The maximum Gasteiger partial charge on any atom is 0.269 e. The number of thiophene rings is 1. The highest BCUT2D eigenvalue weighted by Crippen LogP contribution is 2.34. The fourth-order valence-corrected chi connectivity index (χ4v) is 3.50. The fourth-order valence-electron chi connectivity index (χ4n) is 2.40. The van der Waals surface area contributed by atoms with E-state index >= 15 is 0 Å². The normalized spacial score (nSPS) is 16.8. The van der Waals surface area contributed by atoms with Crippen LogP contribution in [0, 0.1) is 24.0 Å². The average Bonchev–Trinajstić information content (AvgIpc) is 2.80. The van der Waals surface area contributed by atoms with Crippen LogP contribution < -0.4 is 10.6 Å². The molecule has 2 N–H and O–H groups in total. The van der Waals surface area contributed by atoms with Crippen LogP contribution in [0.25, 0.3) is 6.08 Å². The maximum absolute atomic E-state index is 12.2. The van der Waals surface area contributed by atoms with E-state index in [1.807, 2.05) is 26.0 Å². The van der Waals surface area contributed by atoms with Gasteiger partial charge >= 0.3 is 0 Å². The lowest BCUT2D eigenvalue weighted by atomic mass is 10.1. The molecular formula is C16H15N3O3S. The first-order chi connectivity index (χ1) is 11.0. The van der Waals surface area contributed by atoms with Gasteiger partial charge in [0.25, 0.3) is 11.6 Å². The fraction of sp³-hybridized carbons (Fsp3) is 0.188. The molecule has 1 atom stereocenters. The van der Waals surface area contributed by atoms with E-state index in [4.69, 9.17) is 0 Å². The summed E-state index contributed by atoms with van der Waals surface area (Å²) in [6.45, 7) is 3.94. The number of carbonyl (C=O) groups is 1. The van der Waals surface area contributed by atoms with Crippen molar-refractivity contribution in [3.63, 3.8) is 0 Å². The lowest BCUT2D eigenvalue weighted by molar-refractivity contribution is -0.384. The summed E-state index contributed by atoms with van der Waals surface area (Å²) in [5.41, 5.74) is 2.61. The van der Waals surface area contributed by atoms with Crippen molar-refractivity contribution in [2.24, 2.45) is 0 Å². The summed E-state index contributed by atoms with van der Waals surface area (Å²) in [5, 5.41) is 17.7. The highest BCUT2D eigenvalue weighted by Gasteiger charge is 2.26. The van der Waals surface area contributed by atoms with Gasteiger partial charge in [-0.05, 0) is 43.2 Å². The van der Waals surface area contributed by atoms with Gasteiger partial charge in [0, 0.05) is 17.0 Å². The molecule has 23 heavy (non-hydrogen) atoms. The molecule has 7 heteroatoms. The van der Waals surface area contributed by atoms with Gasteiger partial charge in [-0.3, -0.25) is 14.9 Å². The number of nitrogens with zero attached hydrogens (tertiary/aromatic N) is 1. The molecule has 0 spiro atoms. The number of rotatable bonds is 3. The van der Waals surface area contributed by atoms with Crippen LogP contribution in [0.5, 0.6) is 0 Å². The standard InChI is InChI=1S/C16H15N3O3S/c1-9-10(2)23-16-14(9)15(20)17-13(18-16)8-5-11-3-6-12(7-4-11)19(21)22/h3-8,13,18H,1-2H3,(H,17,20)/b8-5+/t13-/m0/s1. The second kappa shape index (κ2) is 5.85. The molecule has 1 aliphatic rings. The topological polar surface area (TPSA) is 84.3 Å². The highest BCUT2D eigenvalue weighted by molar-refractivity contribution is 7.16. The van der Waals surface area contributed by atoms with Crippen LogP contribution >= 0.6 is 11.3 Å². The zero-order valence-corrected chi connectivity index (χ0v) is 13.4. The summed E-state index contributed by atoms with van der Waals surface area (Å²) >= 11 is 1.57. The van der Waals surface area contributed by atoms with Crippen molar-refractivity contribution in [1.82, 2.24) is 5.32 Å². The van der Waals surface area contributed by atoms with E-state index < -0.39 is 4.92 Å². The van der Waals surface area contributed by atoms with Gasteiger partial charge in [-0.1, -0.05) is 6.08 Å². The van der Waals surface area contributed by atoms with E-state index in [0.29, 0.717) is 5.56 Å². The van der Waals surface area contributed by atoms with Gasteiger partial charge in [-0.25, -0.2) is 0 Å². The molecule has 6 nitrogen and oxygen atoms in total. The van der Waals surface area contributed by atoms with Gasteiger partial charge in [0.15, 0.2) is 0 Å². The van der Waals surface area contributed by atoms with Crippen molar-refractivity contribution in [3.05, 3.63) is 62.0 Å². The third-order valence-electron chi connectivity index (χ3n) is 3.77. The number of hydrogen-bond acceptors (Lipinski definition) is 5. The van der Waals surface area contributed by atoms with Gasteiger partial charge in [0.1, 0.15) is 11.2 Å². The number of aryl methyl sites for hydroxylation is 1. The zero-order valence-electron chi connectivity index (χ0n) is 12.6. The molecule has 0 aliphatic carbocycles. The van der Waals surface area contributed by atoms with Crippen molar-refractivity contribution in [1.29, 1.82) is 0 Å². The zero-order chi connectivity index (χ0) is 16.6. The van der Waals surface area contributed by atoms with Crippen LogP contribution in [0.15, 0.2) is 30.3 Å². The van der Waals surface area contributed by atoms with Gasteiger partial charge in [0.05, 0.1) is 10.5 Å². The molecule has 1 aromatic heterocycles. The number of nitro groups is 1. The number of hydrogen-bond donors (Lipinski definition) is 2. The Morgan fingerprint density at radius 3 is 2.57 bits per heavy atom. The SMILES string of the molecule is Cc1sc2c(c1C)C(=O)N[C@H](/C=C/c1ccc([N+](=O)[O-])cc1)N2. The van der Waals surface area contributed by atoms with Gasteiger partial charge in [-0.15, -0.1) is 11.3 Å². The Bertz CT molecular complexity index is 809. The second-order valence-corrected chi connectivity index (χ2v) is 6.52. The quantitative estimate of drug-likeness (QED) is 0.667. The van der Waals surface area contributed by atoms with Crippen molar-refractivity contribution in [3.8, 4) is 0 Å². The summed E-state index contributed by atoms with van der Waals surface area (Å²) in [4.78, 5) is 23.5. The third kappa shape index (κ3) is 2.95. The Morgan fingerprint density at radius 2 is 1.91 bits per heavy atom. The molecule has 0 unspecified atom stereocenters. The van der Waals surface area contributed by atoms with Crippen LogP contribution in [-0.2, 0) is 0 Å². The average molecular weight is 329 g/mol. The number of carbonyl (C=O) groups excluding carboxylic acids is 1. The molecule has 3 rings (SSSR count). The molecule has 1 aliphatic heterocycles. The molecule has 2 heterocycles. The lowest BCUT2D eigenvalue weighted by Crippen LogP contribution is -2.43. The second-order valence-electron chi connectivity index (χ2n) is 5.29. The van der Waals surface area contributed by atoms with Crippen LogP contribution in [0.1, 0.15) is 26.4 Å². The third-order valence-corrected chi connectivity index (χ3v) is 4.91. The first kappa shape index (κ1) is 15.2. The lowest BCUT2D eigenvalue weighted by Gasteiger charge is -2.23. The van der Waals surface area contributed by atoms with Crippen molar-refractivity contribution in [2.75, 3.05) is 5.32 Å². The molecule has 0 saturated carbocycles. The van der Waals surface area contributed by atoms with Crippen molar-refractivity contribution < 1.29 is 9.72 Å². The molecule has 1 aromatic carbocycles. The number of nitro benzene ring substituents is 1. The predicted molar refractivity (Wildman–Crippen MR) is 90.8 cm³/mol. The number of non-ortho nitro benzene ring substituents is 1. The number of fused-ring (bicyclic) bond motifs is 1. The minimum absolute atomic E-state index is 0.0559. The van der Waals surface area contributed by atoms with Gasteiger partial charge in [0.2, 0.25) is 0 Å². The predicted octanol–water partition coefficient (Wildman–Crippen LogP) is 3.47. The Balaban J connectivity index is 1.76. The molecule has 0 radical (unpaired) electrons. The number of amides is 1. The smallest absolute Gasteiger partial charge is 0.269 e. The summed E-state index contributed by atoms with van der Waals surface area (Å²) in [6.07, 6.45) is 3.34. The highest BCUT2D eigenvalue weighted by atomic mass is 32.1. The molecule has 0 saturated heterocycles. The Labute approximate surface area is 137 Å². The van der Waals surface area contributed by atoms with E-state index in [-0.39, 0.29) is 17.8 Å².